The van der Waals surface area contributed by atoms with Crippen molar-refractivity contribution < 1.29 is 9.53 Å². The van der Waals surface area contributed by atoms with Crippen LogP contribution in [-0.2, 0) is 9.53 Å². The summed E-state index contributed by atoms with van der Waals surface area (Å²) in [6, 6.07) is 7.79. The van der Waals surface area contributed by atoms with Crippen molar-refractivity contribution in [2.45, 2.75) is 39.2 Å². The smallest absolute Gasteiger partial charge is 0.307 e. The van der Waals surface area contributed by atoms with Gasteiger partial charge in [-0.25, -0.2) is 0 Å². The van der Waals surface area contributed by atoms with Gasteiger partial charge in [0.15, 0.2) is 0 Å². The lowest BCUT2D eigenvalue weighted by atomic mass is 9.97. The molecule has 0 unspecified atom stereocenters. The maximum atomic E-state index is 11.3. The van der Waals surface area contributed by atoms with Crippen molar-refractivity contribution in [1.82, 2.24) is 0 Å². The van der Waals surface area contributed by atoms with Crippen molar-refractivity contribution in [1.29, 1.82) is 0 Å². The van der Waals surface area contributed by atoms with Crippen LogP contribution in [-0.4, -0.2) is 12.6 Å². The molecule has 0 heterocycles. The Hall–Kier alpha value is -1.06. The second kappa shape index (κ2) is 8.11. The van der Waals surface area contributed by atoms with Gasteiger partial charge in [-0.15, -0.1) is 12.4 Å². The van der Waals surface area contributed by atoms with Crippen LogP contribution >= 0.6 is 12.4 Å². The quantitative estimate of drug-likeness (QED) is 0.837. The van der Waals surface area contributed by atoms with Crippen LogP contribution in [0.3, 0.4) is 0 Å². The minimum atomic E-state index is -0.284. The van der Waals surface area contributed by atoms with E-state index in [0.29, 0.717) is 12.5 Å². The zero-order valence-corrected chi connectivity index (χ0v) is 12.0. The number of ether oxygens (including phenoxy) is 1. The van der Waals surface area contributed by atoms with Crippen LogP contribution in [0.4, 0.5) is 0 Å². The molecule has 0 bridgehead atoms. The molecule has 0 saturated carbocycles. The average molecular weight is 272 g/mol. The molecule has 2 N–H and O–H groups in total. The molecular formula is C14H22ClNO2. The molecule has 1 aromatic rings. The summed E-state index contributed by atoms with van der Waals surface area (Å²) in [4.78, 5) is 11.3. The average Bonchev–Trinajstić information content (AvgIpc) is 2.29. The monoisotopic (exact) mass is 271 g/mol. The lowest BCUT2D eigenvalue weighted by Gasteiger charge is -2.13. The van der Waals surface area contributed by atoms with E-state index < -0.39 is 0 Å². The SMILES string of the molecule is CCOC(=O)C[C@H](N)c1cccc(C(C)C)c1.Cl. The molecule has 0 aliphatic rings. The molecule has 3 nitrogen and oxygen atoms in total. The first kappa shape index (κ1) is 16.9. The van der Waals surface area contributed by atoms with E-state index in [-0.39, 0.29) is 30.8 Å². The van der Waals surface area contributed by atoms with Gasteiger partial charge in [0.2, 0.25) is 0 Å². The fourth-order valence-electron chi connectivity index (χ4n) is 1.67. The fourth-order valence-corrected chi connectivity index (χ4v) is 1.67. The molecule has 4 heteroatoms. The summed E-state index contributed by atoms with van der Waals surface area (Å²) < 4.78 is 4.89. The number of esters is 1. The molecule has 0 radical (unpaired) electrons. The minimum absolute atomic E-state index is 0. The van der Waals surface area contributed by atoms with Crippen molar-refractivity contribution in [2.24, 2.45) is 5.73 Å². The molecular weight excluding hydrogens is 250 g/mol. The van der Waals surface area contributed by atoms with E-state index >= 15 is 0 Å². The number of rotatable bonds is 5. The van der Waals surface area contributed by atoms with E-state index in [2.05, 4.69) is 26.0 Å². The van der Waals surface area contributed by atoms with Crippen molar-refractivity contribution >= 4 is 18.4 Å². The van der Waals surface area contributed by atoms with Crippen LogP contribution < -0.4 is 5.73 Å². The first-order valence-corrected chi connectivity index (χ1v) is 6.05. The third-order valence-electron chi connectivity index (χ3n) is 2.70. The van der Waals surface area contributed by atoms with Gasteiger partial charge in [-0.2, -0.15) is 0 Å². The highest BCUT2D eigenvalue weighted by atomic mass is 35.5. The van der Waals surface area contributed by atoms with Crippen LogP contribution in [0.15, 0.2) is 24.3 Å². The standard InChI is InChI=1S/C14H21NO2.ClH/c1-4-17-14(16)9-13(15)12-7-5-6-11(8-12)10(2)3;/h5-8,10,13H,4,9,15H2,1-3H3;1H/t13-;/m0./s1. The molecule has 0 aliphatic heterocycles. The number of nitrogens with two attached hydrogens (primary N) is 1. The van der Waals surface area contributed by atoms with Gasteiger partial charge in [0.1, 0.15) is 0 Å². The van der Waals surface area contributed by atoms with Crippen molar-refractivity contribution in [3.05, 3.63) is 35.4 Å². The third-order valence-corrected chi connectivity index (χ3v) is 2.70. The van der Waals surface area contributed by atoms with Gasteiger partial charge >= 0.3 is 5.97 Å². The predicted molar refractivity (Wildman–Crippen MR) is 76.0 cm³/mol. The summed E-state index contributed by atoms with van der Waals surface area (Å²) in [5.74, 6) is 0.222. The summed E-state index contributed by atoms with van der Waals surface area (Å²) in [5, 5.41) is 0. The van der Waals surface area contributed by atoms with Gasteiger partial charge < -0.3 is 10.5 Å². The number of carbonyl (C=O) groups is 1. The summed E-state index contributed by atoms with van der Waals surface area (Å²) in [6.07, 6.45) is 0.232. The highest BCUT2D eigenvalue weighted by molar-refractivity contribution is 5.85. The van der Waals surface area contributed by atoms with Gasteiger partial charge in [0.05, 0.1) is 13.0 Å². The maximum Gasteiger partial charge on any atom is 0.307 e. The molecule has 0 spiro atoms. The Morgan fingerprint density at radius 2 is 1.94 bits per heavy atom. The van der Waals surface area contributed by atoms with Crippen LogP contribution in [0, 0.1) is 0 Å². The summed E-state index contributed by atoms with van der Waals surface area (Å²) in [7, 11) is 0. The Bertz CT molecular complexity index is 380. The van der Waals surface area contributed by atoms with E-state index in [4.69, 9.17) is 10.5 Å². The normalized spacial score (nSPS) is 11.8. The number of hydrogen-bond donors (Lipinski definition) is 1. The Balaban J connectivity index is 0.00000289. The Morgan fingerprint density at radius 3 is 2.50 bits per heavy atom. The highest BCUT2D eigenvalue weighted by Gasteiger charge is 2.13. The van der Waals surface area contributed by atoms with Gasteiger partial charge in [-0.1, -0.05) is 38.1 Å². The number of halogens is 1. The molecule has 102 valence electrons. The molecule has 1 rings (SSSR count). The lowest BCUT2D eigenvalue weighted by Crippen LogP contribution is -2.17. The Labute approximate surface area is 115 Å². The first-order valence-electron chi connectivity index (χ1n) is 6.05. The van der Waals surface area contributed by atoms with Gasteiger partial charge in [0.25, 0.3) is 0 Å². The van der Waals surface area contributed by atoms with Crippen molar-refractivity contribution in [3.63, 3.8) is 0 Å². The fraction of sp³-hybridized carbons (Fsp3) is 0.500. The van der Waals surface area contributed by atoms with Gasteiger partial charge in [-0.3, -0.25) is 4.79 Å². The zero-order valence-electron chi connectivity index (χ0n) is 11.2. The number of benzene rings is 1. The van der Waals surface area contributed by atoms with E-state index in [0.717, 1.165) is 5.56 Å². The largest absolute Gasteiger partial charge is 0.466 e. The van der Waals surface area contributed by atoms with E-state index in [1.807, 2.05) is 12.1 Å². The molecule has 0 amide bonds. The van der Waals surface area contributed by atoms with Crippen molar-refractivity contribution in [2.75, 3.05) is 6.61 Å². The van der Waals surface area contributed by atoms with E-state index in [9.17, 15) is 4.79 Å². The third kappa shape index (κ3) is 5.07. The Morgan fingerprint density at radius 1 is 1.33 bits per heavy atom. The topological polar surface area (TPSA) is 52.3 Å². The highest BCUT2D eigenvalue weighted by Crippen LogP contribution is 2.20. The van der Waals surface area contributed by atoms with E-state index in [1.165, 1.54) is 5.56 Å². The summed E-state index contributed by atoms with van der Waals surface area (Å²) in [6.45, 7) is 6.46. The summed E-state index contributed by atoms with van der Waals surface area (Å²) in [5.41, 5.74) is 8.22. The molecule has 1 atom stereocenters. The molecule has 1 aromatic carbocycles. The molecule has 0 saturated heterocycles. The number of carbonyl (C=O) groups excluding carboxylic acids is 1. The van der Waals surface area contributed by atoms with Crippen LogP contribution in [0.25, 0.3) is 0 Å². The Kier molecular flexibility index (Phi) is 7.64. The van der Waals surface area contributed by atoms with Crippen LogP contribution in [0.5, 0.6) is 0 Å². The molecule has 0 aromatic heterocycles. The van der Waals surface area contributed by atoms with Crippen LogP contribution in [0.2, 0.25) is 0 Å². The zero-order chi connectivity index (χ0) is 12.8. The second-order valence-corrected chi connectivity index (χ2v) is 4.44. The van der Waals surface area contributed by atoms with E-state index in [1.54, 1.807) is 6.92 Å². The molecule has 0 aliphatic carbocycles. The van der Waals surface area contributed by atoms with Gasteiger partial charge in [0, 0.05) is 6.04 Å². The van der Waals surface area contributed by atoms with Crippen LogP contribution in [0.1, 0.15) is 50.3 Å². The number of hydrogen-bond acceptors (Lipinski definition) is 3. The molecule has 0 fully saturated rings. The lowest BCUT2D eigenvalue weighted by molar-refractivity contribution is -0.143. The minimum Gasteiger partial charge on any atom is -0.466 e. The summed E-state index contributed by atoms with van der Waals surface area (Å²) >= 11 is 0. The maximum absolute atomic E-state index is 11.3. The van der Waals surface area contributed by atoms with Gasteiger partial charge in [-0.05, 0) is 24.0 Å². The predicted octanol–water partition coefficient (Wildman–Crippen LogP) is 3.18. The molecule has 18 heavy (non-hydrogen) atoms. The second-order valence-electron chi connectivity index (χ2n) is 4.44. The van der Waals surface area contributed by atoms with Crippen molar-refractivity contribution in [3.8, 4) is 0 Å². The first-order chi connectivity index (χ1) is 8.04.